The Kier molecular flexibility index (Phi) is 4.12. The Morgan fingerprint density at radius 1 is 1.35 bits per heavy atom. The number of aliphatic carboxylic acids is 1. The summed E-state index contributed by atoms with van der Waals surface area (Å²) in [6.07, 6.45) is 0. The van der Waals surface area contributed by atoms with Gasteiger partial charge >= 0.3 is 5.97 Å². The van der Waals surface area contributed by atoms with E-state index in [2.05, 4.69) is 5.32 Å². The minimum atomic E-state index is -0.851. The maximum absolute atomic E-state index is 12.3. The molecule has 0 aliphatic carbocycles. The first-order valence-electron chi connectivity index (χ1n) is 7.54. The van der Waals surface area contributed by atoms with E-state index < -0.39 is 11.4 Å². The SMILES string of the molecule is COc1ccc(OCC(=O)N2C[C@@H]3CNC[C@]3(C(=O)O)C2)cc1. The quantitative estimate of drug-likeness (QED) is 0.806. The van der Waals surface area contributed by atoms with Gasteiger partial charge in [-0.2, -0.15) is 0 Å². The second kappa shape index (κ2) is 6.08. The molecule has 7 heteroatoms. The zero-order valence-corrected chi connectivity index (χ0v) is 12.9. The van der Waals surface area contributed by atoms with Crippen LogP contribution in [0.1, 0.15) is 0 Å². The van der Waals surface area contributed by atoms with E-state index in [1.165, 1.54) is 0 Å². The molecule has 0 bridgehead atoms. The molecule has 2 atom stereocenters. The molecule has 0 radical (unpaired) electrons. The third-order valence-electron chi connectivity index (χ3n) is 4.73. The fourth-order valence-electron chi connectivity index (χ4n) is 3.32. The van der Waals surface area contributed by atoms with Crippen LogP contribution in [0.25, 0.3) is 0 Å². The maximum Gasteiger partial charge on any atom is 0.313 e. The number of carboxylic acids is 1. The summed E-state index contributed by atoms with van der Waals surface area (Å²) in [4.78, 5) is 25.5. The summed E-state index contributed by atoms with van der Waals surface area (Å²) in [5, 5.41) is 12.6. The number of carbonyl (C=O) groups excluding carboxylic acids is 1. The molecule has 23 heavy (non-hydrogen) atoms. The Morgan fingerprint density at radius 2 is 2.04 bits per heavy atom. The minimum Gasteiger partial charge on any atom is -0.497 e. The molecule has 2 aliphatic rings. The predicted octanol–water partition coefficient (Wildman–Crippen LogP) is 0.207. The molecule has 2 fully saturated rings. The van der Waals surface area contributed by atoms with E-state index >= 15 is 0 Å². The van der Waals surface area contributed by atoms with E-state index in [0.717, 1.165) is 0 Å². The molecule has 0 unspecified atom stereocenters. The Labute approximate surface area is 134 Å². The summed E-state index contributed by atoms with van der Waals surface area (Å²) < 4.78 is 10.5. The molecular formula is C16H20N2O5. The lowest BCUT2D eigenvalue weighted by Gasteiger charge is -2.22. The van der Waals surface area contributed by atoms with Gasteiger partial charge in [0.1, 0.15) is 16.9 Å². The molecule has 1 aromatic rings. The third kappa shape index (κ3) is 2.84. The Morgan fingerprint density at radius 3 is 2.65 bits per heavy atom. The summed E-state index contributed by atoms with van der Waals surface area (Å²) in [6.45, 7) is 1.66. The molecule has 1 aromatic carbocycles. The average Bonchev–Trinajstić information content (AvgIpc) is 3.11. The van der Waals surface area contributed by atoms with Crippen molar-refractivity contribution in [1.82, 2.24) is 10.2 Å². The number of carboxylic acid groups (broad SMARTS) is 1. The van der Waals surface area contributed by atoms with Gasteiger partial charge in [0.25, 0.3) is 5.91 Å². The molecule has 0 spiro atoms. The Hall–Kier alpha value is -2.28. The zero-order valence-electron chi connectivity index (χ0n) is 12.9. The van der Waals surface area contributed by atoms with Crippen LogP contribution in [-0.4, -0.2) is 61.8 Å². The van der Waals surface area contributed by atoms with Crippen LogP contribution in [0.15, 0.2) is 24.3 Å². The van der Waals surface area contributed by atoms with Crippen molar-refractivity contribution in [2.75, 3.05) is 39.9 Å². The molecule has 7 nitrogen and oxygen atoms in total. The molecule has 1 amide bonds. The van der Waals surface area contributed by atoms with Gasteiger partial charge in [-0.25, -0.2) is 0 Å². The van der Waals surface area contributed by atoms with Crippen LogP contribution in [0.5, 0.6) is 11.5 Å². The number of likely N-dealkylation sites (tertiary alicyclic amines) is 1. The molecule has 124 valence electrons. The molecule has 2 heterocycles. The van der Waals surface area contributed by atoms with Crippen LogP contribution < -0.4 is 14.8 Å². The highest BCUT2D eigenvalue weighted by Crippen LogP contribution is 2.39. The molecule has 2 aliphatic heterocycles. The summed E-state index contributed by atoms with van der Waals surface area (Å²) in [5.41, 5.74) is -0.851. The number of amides is 1. The average molecular weight is 320 g/mol. The largest absolute Gasteiger partial charge is 0.497 e. The number of ether oxygens (including phenoxy) is 2. The molecule has 2 saturated heterocycles. The van der Waals surface area contributed by atoms with Gasteiger partial charge in [-0.05, 0) is 24.3 Å². The van der Waals surface area contributed by atoms with Crippen LogP contribution in [0, 0.1) is 11.3 Å². The smallest absolute Gasteiger partial charge is 0.313 e. The molecule has 3 rings (SSSR count). The van der Waals surface area contributed by atoms with Crippen molar-refractivity contribution in [3.8, 4) is 11.5 Å². The van der Waals surface area contributed by atoms with E-state index in [0.29, 0.717) is 31.1 Å². The lowest BCUT2D eigenvalue weighted by molar-refractivity contribution is -0.148. The highest BCUT2D eigenvalue weighted by atomic mass is 16.5. The number of methoxy groups -OCH3 is 1. The summed E-state index contributed by atoms with van der Waals surface area (Å²) >= 11 is 0. The van der Waals surface area contributed by atoms with Crippen molar-refractivity contribution >= 4 is 11.9 Å². The first-order valence-corrected chi connectivity index (χ1v) is 7.54. The fourth-order valence-corrected chi connectivity index (χ4v) is 3.32. The van der Waals surface area contributed by atoms with Crippen LogP contribution in [0.4, 0.5) is 0 Å². The number of hydrogen-bond donors (Lipinski definition) is 2. The van der Waals surface area contributed by atoms with E-state index in [9.17, 15) is 14.7 Å². The van der Waals surface area contributed by atoms with Crippen molar-refractivity contribution in [1.29, 1.82) is 0 Å². The van der Waals surface area contributed by atoms with Crippen LogP contribution >= 0.6 is 0 Å². The standard InChI is InChI=1S/C16H20N2O5/c1-22-12-2-4-13(5-3-12)23-8-14(19)18-7-11-6-17-9-16(11,10-18)15(20)21/h2-5,11,17H,6-10H2,1H3,(H,20,21)/t11-,16-/m0/s1. The molecule has 2 N–H and O–H groups in total. The predicted molar refractivity (Wildman–Crippen MR) is 81.5 cm³/mol. The van der Waals surface area contributed by atoms with Crippen molar-refractivity contribution in [3.63, 3.8) is 0 Å². The maximum atomic E-state index is 12.3. The fraction of sp³-hybridized carbons (Fsp3) is 0.500. The number of hydrogen-bond acceptors (Lipinski definition) is 5. The number of fused-ring (bicyclic) bond motifs is 1. The van der Waals surface area contributed by atoms with Gasteiger partial charge in [-0.1, -0.05) is 0 Å². The van der Waals surface area contributed by atoms with Gasteiger partial charge in [0.2, 0.25) is 0 Å². The number of nitrogens with one attached hydrogen (secondary N) is 1. The van der Waals surface area contributed by atoms with E-state index in [-0.39, 0.29) is 25.0 Å². The first-order chi connectivity index (χ1) is 11.0. The first kappa shape index (κ1) is 15.6. The Bertz CT molecular complexity index is 603. The highest BCUT2D eigenvalue weighted by molar-refractivity contribution is 5.82. The number of nitrogens with zero attached hydrogens (tertiary/aromatic N) is 1. The topological polar surface area (TPSA) is 88.1 Å². The van der Waals surface area contributed by atoms with Gasteiger partial charge in [-0.3, -0.25) is 9.59 Å². The van der Waals surface area contributed by atoms with E-state index in [1.807, 2.05) is 0 Å². The Balaban J connectivity index is 1.58. The van der Waals surface area contributed by atoms with Crippen molar-refractivity contribution in [2.24, 2.45) is 11.3 Å². The van der Waals surface area contributed by atoms with Gasteiger partial charge in [-0.15, -0.1) is 0 Å². The van der Waals surface area contributed by atoms with Crippen molar-refractivity contribution in [2.45, 2.75) is 0 Å². The highest BCUT2D eigenvalue weighted by Gasteiger charge is 2.56. The van der Waals surface area contributed by atoms with Crippen LogP contribution in [0.3, 0.4) is 0 Å². The van der Waals surface area contributed by atoms with Gasteiger partial charge in [0.15, 0.2) is 6.61 Å². The third-order valence-corrected chi connectivity index (χ3v) is 4.73. The van der Waals surface area contributed by atoms with Crippen LogP contribution in [0.2, 0.25) is 0 Å². The number of carbonyl (C=O) groups is 2. The second-order valence-corrected chi connectivity index (χ2v) is 6.03. The van der Waals surface area contributed by atoms with Crippen molar-refractivity contribution in [3.05, 3.63) is 24.3 Å². The molecule has 0 aromatic heterocycles. The summed E-state index contributed by atoms with van der Waals surface area (Å²) in [5.74, 6) is 0.236. The monoisotopic (exact) mass is 320 g/mol. The summed E-state index contributed by atoms with van der Waals surface area (Å²) in [7, 11) is 1.58. The normalized spacial score (nSPS) is 26.0. The van der Waals surface area contributed by atoms with E-state index in [1.54, 1.807) is 36.3 Å². The minimum absolute atomic E-state index is 0.0371. The number of rotatable bonds is 5. The lowest BCUT2D eigenvalue weighted by atomic mass is 9.81. The van der Waals surface area contributed by atoms with Gasteiger partial charge < -0.3 is 24.8 Å². The molecular weight excluding hydrogens is 300 g/mol. The zero-order chi connectivity index (χ0) is 16.4. The van der Waals surface area contributed by atoms with Crippen LogP contribution in [-0.2, 0) is 9.59 Å². The van der Waals surface area contributed by atoms with Gasteiger partial charge in [0.05, 0.1) is 7.11 Å². The lowest BCUT2D eigenvalue weighted by Crippen LogP contribution is -2.42. The van der Waals surface area contributed by atoms with Gasteiger partial charge in [0, 0.05) is 32.1 Å². The van der Waals surface area contributed by atoms with E-state index in [4.69, 9.17) is 9.47 Å². The second-order valence-electron chi connectivity index (χ2n) is 6.03. The number of benzene rings is 1. The summed E-state index contributed by atoms with van der Waals surface area (Å²) in [6, 6.07) is 6.97. The molecule has 0 saturated carbocycles. The van der Waals surface area contributed by atoms with Crippen molar-refractivity contribution < 1.29 is 24.2 Å².